The molecule has 5 rings (SSSR count). The Morgan fingerprint density at radius 3 is 2.03 bits per heavy atom. The number of fused-ring (bicyclic) bond motifs is 1. The zero-order chi connectivity index (χ0) is 29.3. The van der Waals surface area contributed by atoms with Crippen molar-refractivity contribution in [2.75, 3.05) is 0 Å². The number of hydrogen-bond donors (Lipinski definition) is 2. The SMILES string of the molecule is CC1=NC(C(N)=O)=CC1.Cc1cc(C)c2ccn(C)c2c1.Cc1ccn(C)c(=O)n1.Cn1cnc(C(N)=O)n1. The zero-order valence-electron chi connectivity index (χ0n) is 23.3. The van der Waals surface area contributed by atoms with Gasteiger partial charge in [-0.3, -0.25) is 19.3 Å². The van der Waals surface area contributed by atoms with Crippen LogP contribution in [-0.2, 0) is 25.9 Å². The number of nitrogens with two attached hydrogens (primary N) is 2. The molecule has 1 aromatic carbocycles. The summed E-state index contributed by atoms with van der Waals surface area (Å²) in [5, 5.41) is 5.01. The van der Waals surface area contributed by atoms with E-state index in [1.165, 1.54) is 37.6 Å². The monoisotopic (exact) mass is 533 g/mol. The van der Waals surface area contributed by atoms with Crippen LogP contribution in [0.2, 0.25) is 0 Å². The third-order valence-electron chi connectivity index (χ3n) is 5.44. The van der Waals surface area contributed by atoms with Crippen molar-refractivity contribution < 1.29 is 9.59 Å². The Labute approximate surface area is 226 Å². The highest BCUT2D eigenvalue weighted by atomic mass is 16.2. The fourth-order valence-corrected chi connectivity index (χ4v) is 3.43. The number of primary amides is 2. The second-order valence-corrected chi connectivity index (χ2v) is 9.01. The fourth-order valence-electron chi connectivity index (χ4n) is 3.43. The Morgan fingerprint density at radius 2 is 1.59 bits per heavy atom. The first-order valence-corrected chi connectivity index (χ1v) is 12.0. The number of rotatable bonds is 2. The second-order valence-electron chi connectivity index (χ2n) is 9.01. The highest BCUT2D eigenvalue weighted by molar-refractivity contribution is 5.99. The number of hydrogen-bond acceptors (Lipinski definition) is 7. The van der Waals surface area contributed by atoms with Crippen molar-refractivity contribution in [2.24, 2.45) is 37.6 Å². The molecule has 0 atom stereocenters. The van der Waals surface area contributed by atoms with Crippen LogP contribution in [0.25, 0.3) is 10.9 Å². The van der Waals surface area contributed by atoms with E-state index < -0.39 is 11.8 Å². The Balaban J connectivity index is 0.000000184. The summed E-state index contributed by atoms with van der Waals surface area (Å²) in [7, 11) is 5.43. The second kappa shape index (κ2) is 13.6. The van der Waals surface area contributed by atoms with Crippen molar-refractivity contribution in [3.05, 3.63) is 87.9 Å². The quantitative estimate of drug-likeness (QED) is 0.399. The molecule has 0 aliphatic carbocycles. The molecular formula is C27H35N9O3. The van der Waals surface area contributed by atoms with Gasteiger partial charge < -0.3 is 20.6 Å². The van der Waals surface area contributed by atoms with Gasteiger partial charge >= 0.3 is 5.69 Å². The Bertz CT molecular complexity index is 1590. The molecule has 1 aliphatic rings. The van der Waals surface area contributed by atoms with Crippen molar-refractivity contribution in [1.29, 1.82) is 0 Å². The van der Waals surface area contributed by atoms with Gasteiger partial charge in [-0.15, -0.1) is 5.10 Å². The Morgan fingerprint density at radius 1 is 0.923 bits per heavy atom. The maximum absolute atomic E-state index is 10.7. The van der Waals surface area contributed by atoms with Gasteiger partial charge in [0.2, 0.25) is 5.82 Å². The summed E-state index contributed by atoms with van der Waals surface area (Å²) in [6.07, 6.45) is 7.72. The Hall–Kier alpha value is -4.87. The molecule has 0 fully saturated rings. The standard InChI is InChI=1S/C11H13N.2C6H8N2O.C4H6N4O/c1-8-6-9(2)10-4-5-12(3)11(10)7-8;1-5-3-4-8(2)6(9)7-5;1-4-2-3-5(8-4)6(7)9;1-8-2-6-4(7-8)3(5)9/h4-7H,1-3H3;3-4H,1-2H3;3H,2H2,1H3,(H2,7,9);2H,1H3,(H2,5,9). The van der Waals surface area contributed by atoms with Crippen LogP contribution in [0.3, 0.4) is 0 Å². The van der Waals surface area contributed by atoms with Crippen LogP contribution in [0.4, 0.5) is 0 Å². The molecule has 0 saturated carbocycles. The van der Waals surface area contributed by atoms with E-state index in [1.54, 1.807) is 39.4 Å². The van der Waals surface area contributed by atoms with Crippen molar-refractivity contribution in [3.63, 3.8) is 0 Å². The summed E-state index contributed by atoms with van der Waals surface area (Å²) >= 11 is 0. The first kappa shape index (κ1) is 30.4. The third-order valence-corrected chi connectivity index (χ3v) is 5.44. The molecule has 1 aliphatic heterocycles. The minimum atomic E-state index is -0.601. The maximum atomic E-state index is 10.7. The molecule has 0 unspecified atom stereocenters. The molecule has 12 heteroatoms. The molecule has 3 aromatic heterocycles. The number of amides is 2. The van der Waals surface area contributed by atoms with Gasteiger partial charge in [0.05, 0.1) is 0 Å². The van der Waals surface area contributed by atoms with Crippen LogP contribution >= 0.6 is 0 Å². The van der Waals surface area contributed by atoms with Crippen LogP contribution in [-0.4, -0.2) is 46.4 Å². The fraction of sp³-hybridized carbons (Fsp3) is 0.296. The molecule has 4 aromatic rings. The van der Waals surface area contributed by atoms with E-state index in [9.17, 15) is 14.4 Å². The molecule has 2 amide bonds. The summed E-state index contributed by atoms with van der Waals surface area (Å²) < 4.78 is 5.02. The summed E-state index contributed by atoms with van der Waals surface area (Å²) in [6, 6.07) is 8.41. The van der Waals surface area contributed by atoms with Crippen molar-refractivity contribution in [3.8, 4) is 0 Å². The summed E-state index contributed by atoms with van der Waals surface area (Å²) in [4.78, 5) is 42.5. The highest BCUT2D eigenvalue weighted by Gasteiger charge is 2.08. The van der Waals surface area contributed by atoms with Gasteiger partial charge in [-0.2, -0.15) is 4.98 Å². The summed E-state index contributed by atoms with van der Waals surface area (Å²) in [5.41, 5.74) is 15.7. The molecule has 0 radical (unpaired) electrons. The Kier molecular flexibility index (Phi) is 10.6. The highest BCUT2D eigenvalue weighted by Crippen LogP contribution is 2.20. The van der Waals surface area contributed by atoms with Crippen LogP contribution in [0, 0.1) is 20.8 Å². The van der Waals surface area contributed by atoms with Crippen molar-refractivity contribution in [1.82, 2.24) is 28.9 Å². The number of carbonyl (C=O) groups excluding carboxylic acids is 2. The minimum Gasteiger partial charge on any atom is -0.364 e. The molecule has 0 saturated heterocycles. The van der Waals surface area contributed by atoms with Gasteiger partial charge in [-0.25, -0.2) is 9.78 Å². The third kappa shape index (κ3) is 9.18. The number of carbonyl (C=O) groups is 2. The lowest BCUT2D eigenvalue weighted by atomic mass is 10.1. The van der Waals surface area contributed by atoms with E-state index in [0.717, 1.165) is 17.8 Å². The van der Waals surface area contributed by atoms with Crippen LogP contribution < -0.4 is 17.2 Å². The van der Waals surface area contributed by atoms with Crippen molar-refractivity contribution >= 4 is 28.4 Å². The number of aromatic nitrogens is 6. The van der Waals surface area contributed by atoms with E-state index in [2.05, 4.69) is 69.9 Å². The predicted molar refractivity (Wildman–Crippen MR) is 151 cm³/mol. The molecule has 39 heavy (non-hydrogen) atoms. The first-order valence-electron chi connectivity index (χ1n) is 12.0. The maximum Gasteiger partial charge on any atom is 0.347 e. The van der Waals surface area contributed by atoms with E-state index in [-0.39, 0.29) is 11.5 Å². The van der Waals surface area contributed by atoms with Crippen molar-refractivity contribution in [2.45, 2.75) is 34.1 Å². The molecule has 206 valence electrons. The molecule has 4 N–H and O–H groups in total. The lowest BCUT2D eigenvalue weighted by molar-refractivity contribution is -0.114. The lowest BCUT2D eigenvalue weighted by Crippen LogP contribution is -2.19. The molecule has 12 nitrogen and oxygen atoms in total. The lowest BCUT2D eigenvalue weighted by Gasteiger charge is -2.01. The minimum absolute atomic E-state index is 0.0532. The van der Waals surface area contributed by atoms with Crippen LogP contribution in [0.1, 0.15) is 40.8 Å². The number of allylic oxidation sites excluding steroid dienone is 1. The van der Waals surface area contributed by atoms with Crippen LogP contribution in [0.15, 0.2) is 64.5 Å². The molecule has 0 spiro atoms. The smallest absolute Gasteiger partial charge is 0.347 e. The molecular weight excluding hydrogens is 498 g/mol. The normalized spacial score (nSPS) is 11.7. The topological polar surface area (TPSA) is 169 Å². The predicted octanol–water partition coefficient (Wildman–Crippen LogP) is 2.02. The first-order chi connectivity index (χ1) is 18.3. The number of aliphatic imine (C=N–C) groups is 1. The number of nitrogens with zero attached hydrogens (tertiary/aromatic N) is 7. The molecule has 4 heterocycles. The molecule has 0 bridgehead atoms. The van der Waals surface area contributed by atoms with E-state index in [0.29, 0.717) is 5.70 Å². The number of aryl methyl sites for hydroxylation is 6. The zero-order valence-corrected chi connectivity index (χ0v) is 23.3. The van der Waals surface area contributed by atoms with Gasteiger partial charge in [0.25, 0.3) is 11.8 Å². The largest absolute Gasteiger partial charge is 0.364 e. The average molecular weight is 534 g/mol. The summed E-state index contributed by atoms with van der Waals surface area (Å²) in [6.45, 7) is 7.96. The van der Waals surface area contributed by atoms with E-state index >= 15 is 0 Å². The van der Waals surface area contributed by atoms with Gasteiger partial charge in [-0.05, 0) is 63.1 Å². The average Bonchev–Trinajstić information content (AvgIpc) is 3.59. The van der Waals surface area contributed by atoms with E-state index in [4.69, 9.17) is 11.5 Å². The number of benzene rings is 1. The van der Waals surface area contributed by atoms with Crippen LogP contribution in [0.5, 0.6) is 0 Å². The van der Waals surface area contributed by atoms with Gasteiger partial charge in [0, 0.05) is 62.3 Å². The van der Waals surface area contributed by atoms with Gasteiger partial charge in [0.1, 0.15) is 12.0 Å². The van der Waals surface area contributed by atoms with E-state index in [1.807, 2.05) is 6.92 Å². The summed E-state index contributed by atoms with van der Waals surface area (Å²) in [5.74, 6) is -0.986. The van der Waals surface area contributed by atoms with Gasteiger partial charge in [0.15, 0.2) is 0 Å². The van der Waals surface area contributed by atoms with Gasteiger partial charge in [-0.1, -0.05) is 6.07 Å².